The minimum absolute atomic E-state index is 0.0429. The number of hydroxylamine groups is 1. The third-order valence-electron chi connectivity index (χ3n) is 4.07. The quantitative estimate of drug-likeness (QED) is 0.380. The lowest BCUT2D eigenvalue weighted by Crippen LogP contribution is -2.23. The lowest BCUT2D eigenvalue weighted by molar-refractivity contribution is 0.0267. The summed E-state index contributed by atoms with van der Waals surface area (Å²) < 4.78 is 1.69. The van der Waals surface area contributed by atoms with Gasteiger partial charge >= 0.3 is 5.97 Å². The van der Waals surface area contributed by atoms with Gasteiger partial charge in [0.05, 0.1) is 22.8 Å². The van der Waals surface area contributed by atoms with Gasteiger partial charge in [-0.3, -0.25) is 4.79 Å². The second kappa shape index (κ2) is 9.70. The SMILES string of the molecule is [C-]#[N+]c1cc(C)c(NC(=O)c2cc(Br)nn2-c2ncccc2Cl)c(C(=O)ONCC)c1. The number of halogens is 2. The summed E-state index contributed by atoms with van der Waals surface area (Å²) >= 11 is 9.47. The zero-order chi connectivity index (χ0) is 22.5. The first-order valence-electron chi connectivity index (χ1n) is 8.99. The highest BCUT2D eigenvalue weighted by molar-refractivity contribution is 9.10. The van der Waals surface area contributed by atoms with E-state index in [1.165, 1.54) is 23.0 Å². The van der Waals surface area contributed by atoms with Crippen LogP contribution in [0.15, 0.2) is 41.1 Å². The Labute approximate surface area is 191 Å². The molecule has 0 atom stereocenters. The number of carbonyl (C=O) groups is 2. The minimum atomic E-state index is -0.729. The summed E-state index contributed by atoms with van der Waals surface area (Å²) in [7, 11) is 0. The van der Waals surface area contributed by atoms with E-state index in [0.717, 1.165) is 0 Å². The van der Waals surface area contributed by atoms with Crippen LogP contribution >= 0.6 is 27.5 Å². The van der Waals surface area contributed by atoms with Gasteiger partial charge in [-0.2, -0.15) is 10.6 Å². The molecule has 158 valence electrons. The number of anilines is 1. The van der Waals surface area contributed by atoms with Crippen molar-refractivity contribution in [2.75, 3.05) is 11.9 Å². The molecule has 0 aliphatic rings. The predicted octanol–water partition coefficient (Wildman–Crippen LogP) is 4.48. The van der Waals surface area contributed by atoms with Crippen molar-refractivity contribution in [3.63, 3.8) is 0 Å². The topological polar surface area (TPSA) is 103 Å². The summed E-state index contributed by atoms with van der Waals surface area (Å²) in [5, 5.41) is 7.27. The van der Waals surface area contributed by atoms with Gasteiger partial charge in [0.1, 0.15) is 10.3 Å². The second-order valence-electron chi connectivity index (χ2n) is 6.21. The third kappa shape index (κ3) is 4.91. The molecule has 9 nitrogen and oxygen atoms in total. The molecular formula is C20H16BrClN6O3. The number of aryl methyl sites for hydroxylation is 1. The number of rotatable bonds is 6. The van der Waals surface area contributed by atoms with Crippen molar-refractivity contribution in [2.24, 2.45) is 0 Å². The van der Waals surface area contributed by atoms with Crippen molar-refractivity contribution in [2.45, 2.75) is 13.8 Å². The largest absolute Gasteiger partial charge is 0.367 e. The molecule has 1 aromatic carbocycles. The highest BCUT2D eigenvalue weighted by Gasteiger charge is 2.23. The number of hydrogen-bond acceptors (Lipinski definition) is 6. The molecule has 0 fully saturated rings. The van der Waals surface area contributed by atoms with E-state index in [9.17, 15) is 9.59 Å². The Kier molecular flexibility index (Phi) is 7.02. The van der Waals surface area contributed by atoms with E-state index in [-0.39, 0.29) is 28.5 Å². The Morgan fingerprint density at radius 2 is 2.13 bits per heavy atom. The smallest absolute Gasteiger partial charge is 0.357 e. The first-order chi connectivity index (χ1) is 14.8. The van der Waals surface area contributed by atoms with Crippen molar-refractivity contribution in [3.05, 3.63) is 74.4 Å². The Hall–Kier alpha value is -3.26. The summed E-state index contributed by atoms with van der Waals surface area (Å²) in [4.78, 5) is 38.2. The van der Waals surface area contributed by atoms with Crippen LogP contribution in [0.25, 0.3) is 10.7 Å². The fourth-order valence-corrected chi connectivity index (χ4v) is 3.32. The van der Waals surface area contributed by atoms with Crippen LogP contribution in [0.4, 0.5) is 11.4 Å². The molecule has 1 amide bonds. The lowest BCUT2D eigenvalue weighted by atomic mass is 10.1. The van der Waals surface area contributed by atoms with Crippen molar-refractivity contribution < 1.29 is 14.4 Å². The second-order valence-corrected chi connectivity index (χ2v) is 7.43. The van der Waals surface area contributed by atoms with Gasteiger partial charge < -0.3 is 10.2 Å². The summed E-state index contributed by atoms with van der Waals surface area (Å²) in [6.45, 7) is 11.1. The van der Waals surface area contributed by atoms with Crippen LogP contribution < -0.4 is 10.8 Å². The van der Waals surface area contributed by atoms with Crippen LogP contribution in [-0.4, -0.2) is 33.2 Å². The van der Waals surface area contributed by atoms with Gasteiger partial charge in [0, 0.05) is 18.8 Å². The highest BCUT2D eigenvalue weighted by Crippen LogP contribution is 2.29. The fourth-order valence-electron chi connectivity index (χ4n) is 2.74. The first-order valence-corrected chi connectivity index (χ1v) is 10.2. The molecule has 0 unspecified atom stereocenters. The molecule has 0 saturated heterocycles. The van der Waals surface area contributed by atoms with Crippen LogP contribution in [0.5, 0.6) is 0 Å². The van der Waals surface area contributed by atoms with Gasteiger partial charge in [-0.25, -0.2) is 19.3 Å². The van der Waals surface area contributed by atoms with Crippen molar-refractivity contribution >= 4 is 50.8 Å². The molecule has 3 aromatic rings. The molecule has 2 heterocycles. The first kappa shape index (κ1) is 22.4. The van der Waals surface area contributed by atoms with Crippen LogP contribution in [0, 0.1) is 13.5 Å². The molecule has 0 spiro atoms. The number of aromatic nitrogens is 3. The van der Waals surface area contributed by atoms with Crippen LogP contribution in [0.3, 0.4) is 0 Å². The zero-order valence-electron chi connectivity index (χ0n) is 16.4. The number of pyridine rings is 1. The molecule has 2 N–H and O–H groups in total. The van der Waals surface area contributed by atoms with E-state index in [0.29, 0.717) is 21.7 Å². The Bertz CT molecular complexity index is 1200. The Morgan fingerprint density at radius 1 is 1.35 bits per heavy atom. The van der Waals surface area contributed by atoms with Crippen LogP contribution in [0.1, 0.15) is 33.3 Å². The lowest BCUT2D eigenvalue weighted by Gasteiger charge is -2.15. The maximum absolute atomic E-state index is 13.1. The number of benzene rings is 1. The summed E-state index contributed by atoms with van der Waals surface area (Å²) in [6, 6.07) is 7.71. The maximum Gasteiger partial charge on any atom is 0.357 e. The highest BCUT2D eigenvalue weighted by atomic mass is 79.9. The molecule has 0 radical (unpaired) electrons. The molecule has 11 heteroatoms. The van der Waals surface area contributed by atoms with Crippen molar-refractivity contribution in [3.8, 4) is 5.82 Å². The number of nitrogens with zero attached hydrogens (tertiary/aromatic N) is 4. The molecule has 0 aliphatic heterocycles. The molecule has 0 bridgehead atoms. The van der Waals surface area contributed by atoms with Gasteiger partial charge in [-0.05, 0) is 53.5 Å². The van der Waals surface area contributed by atoms with E-state index in [1.54, 1.807) is 32.0 Å². The third-order valence-corrected chi connectivity index (χ3v) is 4.75. The van der Waals surface area contributed by atoms with E-state index in [1.807, 2.05) is 0 Å². The van der Waals surface area contributed by atoms with Crippen LogP contribution in [0.2, 0.25) is 5.02 Å². The number of hydrogen-bond donors (Lipinski definition) is 2. The van der Waals surface area contributed by atoms with Gasteiger partial charge in [-0.1, -0.05) is 17.7 Å². The van der Waals surface area contributed by atoms with Gasteiger partial charge in [0.25, 0.3) is 5.91 Å². The monoisotopic (exact) mass is 502 g/mol. The fraction of sp³-hybridized carbons (Fsp3) is 0.150. The normalized spacial score (nSPS) is 10.4. The van der Waals surface area contributed by atoms with E-state index < -0.39 is 11.9 Å². The van der Waals surface area contributed by atoms with Crippen LogP contribution in [-0.2, 0) is 4.84 Å². The van der Waals surface area contributed by atoms with Crippen molar-refractivity contribution in [1.82, 2.24) is 20.2 Å². The van der Waals surface area contributed by atoms with E-state index >= 15 is 0 Å². The van der Waals surface area contributed by atoms with Crippen molar-refractivity contribution in [1.29, 1.82) is 0 Å². The number of nitrogens with one attached hydrogen (secondary N) is 2. The van der Waals surface area contributed by atoms with Gasteiger partial charge in [0.15, 0.2) is 11.5 Å². The Morgan fingerprint density at radius 3 is 2.81 bits per heavy atom. The molecule has 2 aromatic heterocycles. The van der Waals surface area contributed by atoms with Gasteiger partial charge in [-0.15, -0.1) is 0 Å². The summed E-state index contributed by atoms with van der Waals surface area (Å²) in [5.41, 5.74) is 3.63. The summed E-state index contributed by atoms with van der Waals surface area (Å²) in [6.07, 6.45) is 1.53. The average molecular weight is 504 g/mol. The maximum atomic E-state index is 13.1. The average Bonchev–Trinajstić information content (AvgIpc) is 3.14. The number of carbonyl (C=O) groups excluding carboxylic acids is 2. The predicted molar refractivity (Wildman–Crippen MR) is 119 cm³/mol. The van der Waals surface area contributed by atoms with E-state index in [2.05, 4.69) is 41.7 Å². The summed E-state index contributed by atoms with van der Waals surface area (Å²) in [5.74, 6) is -1.02. The minimum Gasteiger partial charge on any atom is -0.367 e. The van der Waals surface area contributed by atoms with Gasteiger partial charge in [0.2, 0.25) is 0 Å². The number of amides is 1. The molecular weight excluding hydrogens is 488 g/mol. The van der Waals surface area contributed by atoms with E-state index in [4.69, 9.17) is 23.0 Å². The molecule has 0 aliphatic carbocycles. The Balaban J connectivity index is 2.03. The zero-order valence-corrected chi connectivity index (χ0v) is 18.8. The molecule has 0 saturated carbocycles. The standard InChI is InChI=1S/C20H16BrClN6O3/c1-4-25-31-20(30)13-9-12(23-3)8-11(2)17(13)26-19(29)15-10-16(21)27-28(15)18-14(22)6-5-7-24-18/h5-10,25H,4H2,1-2H3,(H,26,29). The molecule has 3 rings (SSSR count). The molecule has 31 heavy (non-hydrogen) atoms.